The van der Waals surface area contributed by atoms with Gasteiger partial charge >= 0.3 is 0 Å². The van der Waals surface area contributed by atoms with Crippen LogP contribution in [0.4, 0.5) is 17.1 Å². The molecule has 0 aromatic heterocycles. The molecule has 0 N–H and O–H groups in total. The second kappa shape index (κ2) is 13.7. The third-order valence-corrected chi connectivity index (χ3v) is 15.2. The molecule has 1 heteroatoms. The number of fused-ring (bicyclic) bond motifs is 4. The second-order valence-corrected chi connectivity index (χ2v) is 19.2. The van der Waals surface area contributed by atoms with Crippen molar-refractivity contribution in [2.24, 2.45) is 17.8 Å². The summed E-state index contributed by atoms with van der Waals surface area (Å²) in [6.45, 7) is 4.75. The zero-order valence-electron chi connectivity index (χ0n) is 34.7. The summed E-state index contributed by atoms with van der Waals surface area (Å²) in [6, 6.07) is 68.5. The van der Waals surface area contributed by atoms with Gasteiger partial charge in [0.25, 0.3) is 0 Å². The van der Waals surface area contributed by atoms with Gasteiger partial charge in [0.1, 0.15) is 0 Å². The van der Waals surface area contributed by atoms with Crippen LogP contribution >= 0.6 is 0 Å². The Bertz CT molecular complexity index is 2880. The van der Waals surface area contributed by atoms with E-state index < -0.39 is 0 Å². The molecule has 0 heterocycles. The van der Waals surface area contributed by atoms with E-state index in [0.29, 0.717) is 5.41 Å². The molecular formula is C59H51N. The Morgan fingerprint density at radius 2 is 0.983 bits per heavy atom. The van der Waals surface area contributed by atoms with Crippen LogP contribution in [0.25, 0.3) is 55.3 Å². The fourth-order valence-electron chi connectivity index (χ4n) is 12.9. The molecule has 0 saturated heterocycles. The molecule has 0 radical (unpaired) electrons. The van der Waals surface area contributed by atoms with Crippen molar-refractivity contribution in [2.45, 2.75) is 63.2 Å². The van der Waals surface area contributed by atoms with E-state index in [2.05, 4.69) is 201 Å². The topological polar surface area (TPSA) is 3.24 Å². The predicted molar refractivity (Wildman–Crippen MR) is 252 cm³/mol. The van der Waals surface area contributed by atoms with Gasteiger partial charge in [-0.3, -0.25) is 0 Å². The van der Waals surface area contributed by atoms with Crippen LogP contribution in [-0.2, 0) is 10.8 Å². The summed E-state index contributed by atoms with van der Waals surface area (Å²) in [5.74, 6) is 2.86. The Balaban J connectivity index is 0.975. The SMILES string of the molecule is CC1(C)c2ccccc2-c2c(N(c3ccc(-c4ccc(C56CC7CC(CC(C7)C5)C6)cc4)cc3)c3cccc(-c4cccc5cccc(-c6ccccc6)c45)c3)cccc21. The molecule has 0 aliphatic heterocycles. The van der Waals surface area contributed by atoms with E-state index in [1.807, 2.05) is 0 Å². The molecule has 4 fully saturated rings. The molecular weight excluding hydrogens is 723 g/mol. The van der Waals surface area contributed by atoms with E-state index in [1.165, 1.54) is 111 Å². The first-order chi connectivity index (χ1) is 29.4. The minimum absolute atomic E-state index is 0.0988. The van der Waals surface area contributed by atoms with Crippen molar-refractivity contribution in [3.05, 3.63) is 199 Å². The highest BCUT2D eigenvalue weighted by molar-refractivity contribution is 6.07. The number of rotatable bonds is 7. The molecule has 1 nitrogen and oxygen atoms in total. The first-order valence-corrected chi connectivity index (χ1v) is 22.3. The number of hydrogen-bond donors (Lipinski definition) is 0. The molecule has 8 aromatic carbocycles. The molecule has 0 unspecified atom stereocenters. The van der Waals surface area contributed by atoms with E-state index in [4.69, 9.17) is 0 Å². The third kappa shape index (κ3) is 5.66. The lowest BCUT2D eigenvalue weighted by atomic mass is 9.48. The maximum Gasteiger partial charge on any atom is 0.0543 e. The Labute approximate surface area is 355 Å². The minimum Gasteiger partial charge on any atom is -0.310 e. The normalized spacial score (nSPS) is 21.8. The predicted octanol–water partition coefficient (Wildman–Crippen LogP) is 16.1. The molecule has 13 rings (SSSR count). The molecule has 5 aliphatic rings. The van der Waals surface area contributed by atoms with Crippen molar-refractivity contribution in [1.82, 2.24) is 0 Å². The van der Waals surface area contributed by atoms with E-state index >= 15 is 0 Å². The maximum atomic E-state index is 2.50. The molecule has 0 spiro atoms. The molecule has 60 heavy (non-hydrogen) atoms. The Hall–Kier alpha value is -6.18. The molecule has 0 amide bonds. The smallest absolute Gasteiger partial charge is 0.0543 e. The minimum atomic E-state index is -0.0988. The molecule has 4 bridgehead atoms. The van der Waals surface area contributed by atoms with Gasteiger partial charge in [0.15, 0.2) is 0 Å². The molecule has 292 valence electrons. The van der Waals surface area contributed by atoms with Crippen molar-refractivity contribution < 1.29 is 0 Å². The van der Waals surface area contributed by atoms with Crippen molar-refractivity contribution in [1.29, 1.82) is 0 Å². The average molecular weight is 774 g/mol. The Morgan fingerprint density at radius 3 is 1.68 bits per heavy atom. The molecule has 5 aliphatic carbocycles. The van der Waals surface area contributed by atoms with Crippen LogP contribution in [0.15, 0.2) is 182 Å². The zero-order chi connectivity index (χ0) is 40.0. The lowest BCUT2D eigenvalue weighted by molar-refractivity contribution is -0.00518. The summed E-state index contributed by atoms with van der Waals surface area (Å²) in [5, 5.41) is 2.53. The van der Waals surface area contributed by atoms with Crippen molar-refractivity contribution in [2.75, 3.05) is 4.90 Å². The molecule has 0 atom stereocenters. The summed E-state index contributed by atoms with van der Waals surface area (Å²) in [4.78, 5) is 2.50. The summed E-state index contributed by atoms with van der Waals surface area (Å²) in [5.41, 5.74) is 18.3. The maximum absolute atomic E-state index is 2.50. The van der Waals surface area contributed by atoms with Gasteiger partial charge in [-0.15, -0.1) is 0 Å². The van der Waals surface area contributed by atoms with Gasteiger partial charge in [0.2, 0.25) is 0 Å². The summed E-state index contributed by atoms with van der Waals surface area (Å²) in [6.07, 6.45) is 8.68. The monoisotopic (exact) mass is 773 g/mol. The van der Waals surface area contributed by atoms with E-state index in [0.717, 1.165) is 29.1 Å². The highest BCUT2D eigenvalue weighted by Gasteiger charge is 2.51. The summed E-state index contributed by atoms with van der Waals surface area (Å²) in [7, 11) is 0. The van der Waals surface area contributed by atoms with Crippen LogP contribution in [0.2, 0.25) is 0 Å². The fourth-order valence-corrected chi connectivity index (χ4v) is 12.9. The summed E-state index contributed by atoms with van der Waals surface area (Å²) >= 11 is 0. The number of nitrogens with zero attached hydrogens (tertiary/aromatic N) is 1. The van der Waals surface area contributed by atoms with Gasteiger partial charge in [-0.05, 0) is 158 Å². The van der Waals surface area contributed by atoms with Crippen LogP contribution in [0, 0.1) is 17.8 Å². The molecule has 8 aromatic rings. The lowest BCUT2D eigenvalue weighted by Crippen LogP contribution is -2.48. The average Bonchev–Trinajstić information content (AvgIpc) is 3.52. The highest BCUT2D eigenvalue weighted by atomic mass is 15.1. The van der Waals surface area contributed by atoms with Crippen molar-refractivity contribution in [3.8, 4) is 44.5 Å². The summed E-state index contributed by atoms with van der Waals surface area (Å²) < 4.78 is 0. The first kappa shape index (κ1) is 35.7. The molecule has 4 saturated carbocycles. The second-order valence-electron chi connectivity index (χ2n) is 19.2. The van der Waals surface area contributed by atoms with Gasteiger partial charge < -0.3 is 4.90 Å². The fraction of sp³-hybridized carbons (Fsp3) is 0.220. The highest BCUT2D eigenvalue weighted by Crippen LogP contribution is 2.61. The number of hydrogen-bond acceptors (Lipinski definition) is 1. The number of anilines is 3. The van der Waals surface area contributed by atoms with Crippen molar-refractivity contribution >= 4 is 27.8 Å². The van der Waals surface area contributed by atoms with Crippen LogP contribution < -0.4 is 4.90 Å². The van der Waals surface area contributed by atoms with Gasteiger partial charge in [-0.1, -0.05) is 166 Å². The lowest BCUT2D eigenvalue weighted by Gasteiger charge is -2.57. The van der Waals surface area contributed by atoms with E-state index in [1.54, 1.807) is 5.56 Å². The van der Waals surface area contributed by atoms with Gasteiger partial charge in [-0.25, -0.2) is 0 Å². The van der Waals surface area contributed by atoms with E-state index in [9.17, 15) is 0 Å². The van der Waals surface area contributed by atoms with E-state index in [-0.39, 0.29) is 5.41 Å². The zero-order valence-corrected chi connectivity index (χ0v) is 34.7. The van der Waals surface area contributed by atoms with Crippen molar-refractivity contribution in [3.63, 3.8) is 0 Å². The van der Waals surface area contributed by atoms with Crippen LogP contribution in [-0.4, -0.2) is 0 Å². The Morgan fingerprint density at radius 1 is 0.433 bits per heavy atom. The van der Waals surface area contributed by atoms with Crippen LogP contribution in [0.3, 0.4) is 0 Å². The largest absolute Gasteiger partial charge is 0.310 e. The standard InChI is InChI=1S/C59H51N/c1-58(2)53-21-7-6-18-52(53)57-54(58)22-11-23-55(57)60(49-17-8-16-46(35-49)51-20-10-15-45-14-9-19-50(56(45)51)44-12-4-3-5-13-44)48-30-26-43(27-31-48)42-24-28-47(29-25-42)59-36-39-32-40(37-59)34-41(33-39)38-59/h3-31,35,39-41H,32-34,36-38H2,1-2H3. The Kier molecular flexibility index (Phi) is 8.15. The third-order valence-electron chi connectivity index (χ3n) is 15.2. The van der Waals surface area contributed by atoms with Crippen LogP contribution in [0.1, 0.15) is 69.1 Å². The van der Waals surface area contributed by atoms with Crippen LogP contribution in [0.5, 0.6) is 0 Å². The number of benzene rings is 8. The van der Waals surface area contributed by atoms with Gasteiger partial charge in [0, 0.05) is 22.4 Å². The quantitative estimate of drug-likeness (QED) is 0.156. The first-order valence-electron chi connectivity index (χ1n) is 22.3. The van der Waals surface area contributed by atoms with Gasteiger partial charge in [0.05, 0.1) is 5.69 Å². The van der Waals surface area contributed by atoms with Gasteiger partial charge in [-0.2, -0.15) is 0 Å².